The zero-order valence-corrected chi connectivity index (χ0v) is 9.27. The molecule has 1 fully saturated rings. The minimum absolute atomic E-state index is 0.451. The summed E-state index contributed by atoms with van der Waals surface area (Å²) >= 11 is 0. The van der Waals surface area contributed by atoms with Crippen LogP contribution in [0.15, 0.2) is 0 Å². The molecule has 0 aromatic heterocycles. The Morgan fingerprint density at radius 3 is 2.46 bits per heavy atom. The maximum atomic E-state index is 5.84. The Labute approximate surface area is 82.3 Å². The molecule has 0 aromatic carbocycles. The molecule has 78 valence electrons. The molecule has 0 heterocycles. The van der Waals surface area contributed by atoms with Crippen molar-refractivity contribution < 1.29 is 0 Å². The number of nitrogens with two attached hydrogens (primary N) is 1. The molecule has 1 aliphatic carbocycles. The van der Waals surface area contributed by atoms with Crippen LogP contribution in [-0.4, -0.2) is 18.6 Å². The maximum absolute atomic E-state index is 5.84. The van der Waals surface area contributed by atoms with E-state index in [1.807, 2.05) is 0 Å². The van der Waals surface area contributed by atoms with Gasteiger partial charge in [-0.1, -0.05) is 20.8 Å². The van der Waals surface area contributed by atoms with E-state index >= 15 is 0 Å². The van der Waals surface area contributed by atoms with Gasteiger partial charge in [-0.3, -0.25) is 0 Å². The predicted octanol–water partition coefficient (Wildman–Crippen LogP) is 1.89. The van der Waals surface area contributed by atoms with Crippen LogP contribution in [0.3, 0.4) is 0 Å². The zero-order chi connectivity index (χ0) is 9.90. The van der Waals surface area contributed by atoms with Gasteiger partial charge in [0.25, 0.3) is 0 Å². The Bertz CT molecular complexity index is 149. The Balaban J connectivity index is 2.07. The summed E-state index contributed by atoms with van der Waals surface area (Å²) in [4.78, 5) is 0. The van der Waals surface area contributed by atoms with E-state index in [0.717, 1.165) is 6.54 Å². The van der Waals surface area contributed by atoms with E-state index in [2.05, 4.69) is 26.1 Å². The first-order valence-corrected chi connectivity index (χ1v) is 5.46. The molecule has 0 radical (unpaired) electrons. The quantitative estimate of drug-likeness (QED) is 0.703. The minimum Gasteiger partial charge on any atom is -0.328 e. The van der Waals surface area contributed by atoms with Crippen LogP contribution in [0, 0.1) is 5.41 Å². The Morgan fingerprint density at radius 2 is 2.00 bits per heavy atom. The van der Waals surface area contributed by atoms with Crippen LogP contribution in [-0.2, 0) is 0 Å². The van der Waals surface area contributed by atoms with E-state index in [1.165, 1.54) is 25.7 Å². The predicted molar refractivity (Wildman–Crippen MR) is 57.7 cm³/mol. The van der Waals surface area contributed by atoms with Crippen molar-refractivity contribution in [3.05, 3.63) is 0 Å². The van der Waals surface area contributed by atoms with Gasteiger partial charge >= 0.3 is 0 Å². The molecule has 0 spiro atoms. The molecule has 2 heteroatoms. The van der Waals surface area contributed by atoms with Crippen molar-refractivity contribution in [1.82, 2.24) is 5.32 Å². The van der Waals surface area contributed by atoms with Gasteiger partial charge in [0.15, 0.2) is 0 Å². The second kappa shape index (κ2) is 4.43. The molecular weight excluding hydrogens is 160 g/mol. The molecule has 3 N–H and O–H groups in total. The fourth-order valence-electron chi connectivity index (χ4n) is 1.85. The highest BCUT2D eigenvalue weighted by Crippen LogP contribution is 2.20. The molecule has 0 bridgehead atoms. The van der Waals surface area contributed by atoms with Gasteiger partial charge in [0.1, 0.15) is 0 Å². The lowest BCUT2D eigenvalue weighted by molar-refractivity contribution is 0.353. The normalized spacial score (nSPS) is 29.5. The SMILES string of the molecule is CC(C)(C)CCNC1CCC(N)C1. The largest absolute Gasteiger partial charge is 0.328 e. The first-order chi connectivity index (χ1) is 5.97. The van der Waals surface area contributed by atoms with Crippen LogP contribution < -0.4 is 11.1 Å². The second-order valence-electron chi connectivity index (χ2n) is 5.53. The van der Waals surface area contributed by atoms with Gasteiger partial charge in [0, 0.05) is 12.1 Å². The summed E-state index contributed by atoms with van der Waals surface area (Å²) in [5.41, 5.74) is 6.29. The van der Waals surface area contributed by atoms with Gasteiger partial charge < -0.3 is 11.1 Å². The molecule has 2 unspecified atom stereocenters. The fraction of sp³-hybridized carbons (Fsp3) is 1.00. The third-order valence-corrected chi connectivity index (χ3v) is 2.78. The molecule has 0 aromatic rings. The van der Waals surface area contributed by atoms with Gasteiger partial charge in [0.05, 0.1) is 0 Å². The minimum atomic E-state index is 0.451. The van der Waals surface area contributed by atoms with Crippen LogP contribution in [0.25, 0.3) is 0 Å². The Hall–Kier alpha value is -0.0800. The van der Waals surface area contributed by atoms with Crippen LogP contribution in [0.2, 0.25) is 0 Å². The van der Waals surface area contributed by atoms with E-state index in [4.69, 9.17) is 5.73 Å². The van der Waals surface area contributed by atoms with E-state index in [1.54, 1.807) is 0 Å². The zero-order valence-electron chi connectivity index (χ0n) is 9.27. The molecule has 0 saturated heterocycles. The van der Waals surface area contributed by atoms with Crippen molar-refractivity contribution in [2.24, 2.45) is 11.1 Å². The second-order valence-corrected chi connectivity index (χ2v) is 5.53. The smallest absolute Gasteiger partial charge is 0.00823 e. The van der Waals surface area contributed by atoms with Crippen molar-refractivity contribution in [3.63, 3.8) is 0 Å². The van der Waals surface area contributed by atoms with Crippen molar-refractivity contribution in [3.8, 4) is 0 Å². The third-order valence-electron chi connectivity index (χ3n) is 2.78. The number of hydrogen-bond donors (Lipinski definition) is 2. The topological polar surface area (TPSA) is 38.0 Å². The summed E-state index contributed by atoms with van der Waals surface area (Å²) in [6.45, 7) is 8.00. The van der Waals surface area contributed by atoms with Gasteiger partial charge in [-0.2, -0.15) is 0 Å². The van der Waals surface area contributed by atoms with Crippen LogP contribution in [0.1, 0.15) is 46.5 Å². The highest BCUT2D eigenvalue weighted by Gasteiger charge is 2.21. The molecule has 0 aliphatic heterocycles. The molecule has 1 aliphatic rings. The van der Waals surface area contributed by atoms with Crippen LogP contribution in [0.4, 0.5) is 0 Å². The summed E-state index contributed by atoms with van der Waals surface area (Å²) in [5, 5.41) is 3.59. The maximum Gasteiger partial charge on any atom is 0.00823 e. The van der Waals surface area contributed by atoms with Crippen molar-refractivity contribution in [1.29, 1.82) is 0 Å². The Kier molecular flexibility index (Phi) is 3.74. The summed E-state index contributed by atoms with van der Waals surface area (Å²) in [6.07, 6.45) is 4.89. The third kappa shape index (κ3) is 4.63. The number of rotatable bonds is 3. The van der Waals surface area contributed by atoms with Crippen molar-refractivity contribution >= 4 is 0 Å². The average Bonchev–Trinajstić information content (AvgIpc) is 2.33. The fourth-order valence-corrected chi connectivity index (χ4v) is 1.85. The number of hydrogen-bond acceptors (Lipinski definition) is 2. The van der Waals surface area contributed by atoms with E-state index < -0.39 is 0 Å². The molecule has 13 heavy (non-hydrogen) atoms. The van der Waals surface area contributed by atoms with Gasteiger partial charge in [-0.05, 0) is 37.6 Å². The summed E-state index contributed by atoms with van der Waals surface area (Å²) < 4.78 is 0. The summed E-state index contributed by atoms with van der Waals surface area (Å²) in [7, 11) is 0. The number of nitrogens with one attached hydrogen (secondary N) is 1. The Morgan fingerprint density at radius 1 is 1.31 bits per heavy atom. The molecule has 0 amide bonds. The van der Waals surface area contributed by atoms with E-state index in [9.17, 15) is 0 Å². The highest BCUT2D eigenvalue weighted by molar-refractivity contribution is 4.82. The monoisotopic (exact) mass is 184 g/mol. The molecular formula is C11H24N2. The average molecular weight is 184 g/mol. The molecule has 2 atom stereocenters. The lowest BCUT2D eigenvalue weighted by Gasteiger charge is -2.20. The van der Waals surface area contributed by atoms with E-state index in [0.29, 0.717) is 17.5 Å². The molecule has 2 nitrogen and oxygen atoms in total. The lowest BCUT2D eigenvalue weighted by Crippen LogP contribution is -2.31. The van der Waals surface area contributed by atoms with Crippen LogP contribution >= 0.6 is 0 Å². The first-order valence-electron chi connectivity index (χ1n) is 5.46. The van der Waals surface area contributed by atoms with Crippen molar-refractivity contribution in [2.45, 2.75) is 58.5 Å². The van der Waals surface area contributed by atoms with Gasteiger partial charge in [0.2, 0.25) is 0 Å². The standard InChI is InChI=1S/C11H24N2/c1-11(2,3)6-7-13-10-5-4-9(12)8-10/h9-10,13H,4-8,12H2,1-3H3. The molecule has 1 saturated carbocycles. The summed E-state index contributed by atoms with van der Waals surface area (Å²) in [6, 6.07) is 1.14. The van der Waals surface area contributed by atoms with E-state index in [-0.39, 0.29) is 0 Å². The van der Waals surface area contributed by atoms with Gasteiger partial charge in [-0.15, -0.1) is 0 Å². The highest BCUT2D eigenvalue weighted by atomic mass is 14.9. The lowest BCUT2D eigenvalue weighted by atomic mass is 9.92. The molecule has 1 rings (SSSR count). The van der Waals surface area contributed by atoms with Crippen LogP contribution in [0.5, 0.6) is 0 Å². The van der Waals surface area contributed by atoms with Crippen molar-refractivity contribution in [2.75, 3.05) is 6.54 Å². The summed E-state index contributed by atoms with van der Waals surface area (Å²) in [5.74, 6) is 0. The first kappa shape index (κ1) is 11.0. The van der Waals surface area contributed by atoms with Gasteiger partial charge in [-0.25, -0.2) is 0 Å².